The lowest BCUT2D eigenvalue weighted by atomic mass is 10.0. The molecule has 0 saturated heterocycles. The van der Waals surface area contributed by atoms with Gasteiger partial charge in [-0.25, -0.2) is 4.39 Å². The Morgan fingerprint density at radius 3 is 2.71 bits per heavy atom. The van der Waals surface area contributed by atoms with Gasteiger partial charge in [0.2, 0.25) is 0 Å². The lowest BCUT2D eigenvalue weighted by molar-refractivity contribution is 0.624. The summed E-state index contributed by atoms with van der Waals surface area (Å²) in [6, 6.07) is 5.10. The van der Waals surface area contributed by atoms with E-state index in [2.05, 4.69) is 43.7 Å². The van der Waals surface area contributed by atoms with Gasteiger partial charge in [-0.2, -0.15) is 0 Å². The summed E-state index contributed by atoms with van der Waals surface area (Å²) in [5.74, 6) is 5.69. The van der Waals surface area contributed by atoms with Gasteiger partial charge in [0.25, 0.3) is 0 Å². The molecule has 0 saturated carbocycles. The van der Waals surface area contributed by atoms with E-state index in [4.69, 9.17) is 0 Å². The smallest absolute Gasteiger partial charge is 0.123 e. The normalized spacial score (nSPS) is 10.9. The third kappa shape index (κ3) is 5.52. The van der Waals surface area contributed by atoms with Crippen molar-refractivity contribution in [3.63, 3.8) is 0 Å². The summed E-state index contributed by atoms with van der Waals surface area (Å²) < 4.78 is 13.2. The van der Waals surface area contributed by atoms with Crippen molar-refractivity contribution in [1.29, 1.82) is 0 Å². The number of rotatable bonds is 3. The van der Waals surface area contributed by atoms with Crippen LogP contribution in [0.5, 0.6) is 0 Å². The molecule has 0 atom stereocenters. The van der Waals surface area contributed by atoms with Crippen molar-refractivity contribution in [1.82, 2.24) is 0 Å². The van der Waals surface area contributed by atoms with Crippen LogP contribution in [-0.4, -0.2) is 10.7 Å². The third-order valence-corrected chi connectivity index (χ3v) is 3.15. The number of halogens is 3. The van der Waals surface area contributed by atoms with Gasteiger partial charge in [-0.3, -0.25) is 0 Å². The molecular weight excluding hydrogens is 347 g/mol. The number of alkyl halides is 2. The SMILES string of the molecule is Cc1cc(F)cc(C/C(=C\C#CCBr)CBr)c1. The number of hydrogen-bond donors (Lipinski definition) is 0. The van der Waals surface area contributed by atoms with Gasteiger partial charge < -0.3 is 0 Å². The Balaban J connectivity index is 2.83. The third-order valence-electron chi connectivity index (χ3n) is 2.15. The lowest BCUT2D eigenvalue weighted by Crippen LogP contribution is -1.94. The number of benzene rings is 1. The van der Waals surface area contributed by atoms with Crippen LogP contribution in [0, 0.1) is 24.6 Å². The molecule has 17 heavy (non-hydrogen) atoms. The fraction of sp³-hybridized carbons (Fsp3) is 0.286. The Morgan fingerprint density at radius 2 is 2.12 bits per heavy atom. The Morgan fingerprint density at radius 1 is 1.35 bits per heavy atom. The first-order valence-corrected chi connectivity index (χ1v) is 7.44. The summed E-state index contributed by atoms with van der Waals surface area (Å²) in [5.41, 5.74) is 3.07. The maximum absolute atomic E-state index is 13.2. The predicted molar refractivity (Wildman–Crippen MR) is 78.3 cm³/mol. The van der Waals surface area contributed by atoms with E-state index in [9.17, 15) is 4.39 Å². The van der Waals surface area contributed by atoms with E-state index in [1.807, 2.05) is 19.1 Å². The summed E-state index contributed by atoms with van der Waals surface area (Å²) in [6.45, 7) is 1.90. The minimum Gasteiger partial charge on any atom is -0.207 e. The molecule has 0 fully saturated rings. The maximum Gasteiger partial charge on any atom is 0.123 e. The topological polar surface area (TPSA) is 0 Å². The van der Waals surface area contributed by atoms with Crippen molar-refractivity contribution in [3.05, 3.63) is 46.8 Å². The molecule has 0 aromatic heterocycles. The lowest BCUT2D eigenvalue weighted by Gasteiger charge is -2.04. The Labute approximate surface area is 119 Å². The maximum atomic E-state index is 13.2. The van der Waals surface area contributed by atoms with E-state index < -0.39 is 0 Å². The van der Waals surface area contributed by atoms with Crippen molar-refractivity contribution in [2.24, 2.45) is 0 Å². The van der Waals surface area contributed by atoms with E-state index in [0.717, 1.165) is 28.5 Å². The molecule has 0 nitrogen and oxygen atoms in total. The zero-order valence-corrected chi connectivity index (χ0v) is 12.7. The molecule has 0 aliphatic heterocycles. The van der Waals surface area contributed by atoms with E-state index >= 15 is 0 Å². The van der Waals surface area contributed by atoms with Crippen LogP contribution < -0.4 is 0 Å². The molecule has 90 valence electrons. The van der Waals surface area contributed by atoms with Crippen LogP contribution in [0.25, 0.3) is 0 Å². The number of hydrogen-bond acceptors (Lipinski definition) is 0. The van der Waals surface area contributed by atoms with Crippen LogP contribution in [0.1, 0.15) is 11.1 Å². The number of allylic oxidation sites excluding steroid dienone is 2. The Kier molecular flexibility index (Phi) is 6.54. The van der Waals surface area contributed by atoms with E-state index in [1.165, 1.54) is 6.07 Å². The van der Waals surface area contributed by atoms with Crippen LogP contribution in [0.2, 0.25) is 0 Å². The first kappa shape index (κ1) is 14.5. The minimum absolute atomic E-state index is 0.180. The summed E-state index contributed by atoms with van der Waals surface area (Å²) in [5, 5.41) is 1.41. The summed E-state index contributed by atoms with van der Waals surface area (Å²) in [6.07, 6.45) is 2.61. The highest BCUT2D eigenvalue weighted by Crippen LogP contribution is 2.14. The summed E-state index contributed by atoms with van der Waals surface area (Å²) in [4.78, 5) is 0. The number of aryl methyl sites for hydroxylation is 1. The summed E-state index contributed by atoms with van der Waals surface area (Å²) in [7, 11) is 0. The second-order valence-corrected chi connectivity index (χ2v) is 4.83. The quantitative estimate of drug-likeness (QED) is 0.554. The van der Waals surface area contributed by atoms with Crippen molar-refractivity contribution >= 4 is 31.9 Å². The average molecular weight is 360 g/mol. The molecule has 0 spiro atoms. The van der Waals surface area contributed by atoms with Crippen LogP contribution in [0.3, 0.4) is 0 Å². The molecule has 0 N–H and O–H groups in total. The minimum atomic E-state index is -0.180. The molecule has 0 heterocycles. The Hall–Kier alpha value is -0.590. The second-order valence-electron chi connectivity index (χ2n) is 3.70. The largest absolute Gasteiger partial charge is 0.207 e. The van der Waals surface area contributed by atoms with Crippen LogP contribution >= 0.6 is 31.9 Å². The van der Waals surface area contributed by atoms with Crippen molar-refractivity contribution in [2.45, 2.75) is 13.3 Å². The first-order valence-electron chi connectivity index (χ1n) is 5.20. The van der Waals surface area contributed by atoms with Crippen LogP contribution in [0.15, 0.2) is 29.8 Å². The fourth-order valence-electron chi connectivity index (χ4n) is 1.50. The molecule has 1 aromatic carbocycles. The second kappa shape index (κ2) is 7.68. The van der Waals surface area contributed by atoms with Gasteiger partial charge in [-0.1, -0.05) is 49.8 Å². The first-order chi connectivity index (χ1) is 8.15. The van der Waals surface area contributed by atoms with Crippen LogP contribution in [0.4, 0.5) is 4.39 Å². The van der Waals surface area contributed by atoms with E-state index in [0.29, 0.717) is 5.33 Å². The van der Waals surface area contributed by atoms with Gasteiger partial charge in [-0.15, -0.1) is 0 Å². The van der Waals surface area contributed by atoms with Gasteiger partial charge in [0.05, 0.1) is 5.33 Å². The molecule has 0 radical (unpaired) electrons. The molecule has 1 rings (SSSR count). The van der Waals surface area contributed by atoms with E-state index in [1.54, 1.807) is 6.07 Å². The molecule has 0 aliphatic carbocycles. The van der Waals surface area contributed by atoms with Gasteiger partial charge in [0, 0.05) is 5.33 Å². The van der Waals surface area contributed by atoms with Crippen LogP contribution in [-0.2, 0) is 6.42 Å². The van der Waals surface area contributed by atoms with E-state index in [-0.39, 0.29) is 5.82 Å². The highest BCUT2D eigenvalue weighted by atomic mass is 79.9. The average Bonchev–Trinajstić information content (AvgIpc) is 2.26. The van der Waals surface area contributed by atoms with Gasteiger partial charge in [-0.05, 0) is 48.3 Å². The molecule has 3 heteroatoms. The molecule has 1 aromatic rings. The van der Waals surface area contributed by atoms with Crippen molar-refractivity contribution in [3.8, 4) is 11.8 Å². The highest BCUT2D eigenvalue weighted by molar-refractivity contribution is 9.09. The van der Waals surface area contributed by atoms with Crippen molar-refractivity contribution in [2.75, 3.05) is 10.7 Å². The van der Waals surface area contributed by atoms with Gasteiger partial charge >= 0.3 is 0 Å². The predicted octanol–water partition coefficient (Wildman–Crippen LogP) is 4.40. The van der Waals surface area contributed by atoms with Crippen molar-refractivity contribution < 1.29 is 4.39 Å². The monoisotopic (exact) mass is 358 g/mol. The summed E-state index contributed by atoms with van der Waals surface area (Å²) >= 11 is 6.66. The Bertz CT molecular complexity index is 447. The highest BCUT2D eigenvalue weighted by Gasteiger charge is 2.01. The standard InChI is InChI=1S/C14H13Br2F/c1-11-6-13(9-14(17)7-11)8-12(10-16)4-2-3-5-15/h4,6-7,9H,5,8,10H2,1H3/b12-4+. The van der Waals surface area contributed by atoms with Gasteiger partial charge in [0.15, 0.2) is 0 Å². The zero-order chi connectivity index (χ0) is 12.7. The molecule has 0 amide bonds. The molecule has 0 unspecified atom stereocenters. The zero-order valence-electron chi connectivity index (χ0n) is 9.56. The molecule has 0 aliphatic rings. The fourth-order valence-corrected chi connectivity index (χ4v) is 2.03. The molecule has 0 bridgehead atoms. The van der Waals surface area contributed by atoms with Gasteiger partial charge in [0.1, 0.15) is 5.82 Å². The molecular formula is C14H13Br2F.